The van der Waals surface area contributed by atoms with Gasteiger partial charge in [-0.2, -0.15) is 0 Å². The van der Waals surface area contributed by atoms with Crippen LogP contribution in [0.15, 0.2) is 18.2 Å². The number of aliphatic hydroxyl groups is 1. The smallest absolute Gasteiger partial charge is 0.161 e. The van der Waals surface area contributed by atoms with E-state index in [0.29, 0.717) is 25.2 Å². The number of benzene rings is 1. The molecule has 0 spiro atoms. The minimum atomic E-state index is 0.272. The third kappa shape index (κ3) is 2.69. The van der Waals surface area contributed by atoms with Gasteiger partial charge in [0.1, 0.15) is 13.2 Å². The Morgan fingerprint density at radius 1 is 1.09 bits per heavy atom. The van der Waals surface area contributed by atoms with Gasteiger partial charge in [-0.15, -0.1) is 0 Å². The topological polar surface area (TPSA) is 51.2 Å². The van der Waals surface area contributed by atoms with Crippen molar-refractivity contribution in [3.05, 3.63) is 23.8 Å². The Balaban J connectivity index is 1.48. The summed E-state index contributed by atoms with van der Waals surface area (Å²) in [5, 5.41) is 9.42. The summed E-state index contributed by atoms with van der Waals surface area (Å²) in [6.45, 7) is 4.16. The number of ether oxygens (including phenoxy) is 3. The Bertz CT molecular complexity index is 535. The molecule has 0 unspecified atom stereocenters. The zero-order chi connectivity index (χ0) is 14.9. The molecule has 3 atom stereocenters. The van der Waals surface area contributed by atoms with Crippen molar-refractivity contribution in [1.29, 1.82) is 0 Å². The molecule has 2 aliphatic heterocycles. The Morgan fingerprint density at radius 2 is 1.95 bits per heavy atom. The maximum Gasteiger partial charge on any atom is 0.161 e. The fraction of sp³-hybridized carbons (Fsp3) is 0.647. The van der Waals surface area contributed by atoms with Crippen molar-refractivity contribution in [2.45, 2.75) is 31.5 Å². The highest BCUT2D eigenvalue weighted by Crippen LogP contribution is 2.36. The lowest BCUT2D eigenvalue weighted by Crippen LogP contribution is -2.47. The van der Waals surface area contributed by atoms with Crippen LogP contribution in [-0.2, 0) is 11.3 Å². The number of fused-ring (bicyclic) bond motifs is 2. The lowest BCUT2D eigenvalue weighted by atomic mass is 10.1. The number of hydrogen-bond donors (Lipinski definition) is 1. The second-order valence-corrected chi connectivity index (χ2v) is 6.45. The maximum absolute atomic E-state index is 9.42. The Morgan fingerprint density at radius 3 is 2.82 bits per heavy atom. The third-order valence-electron chi connectivity index (χ3n) is 5.00. The molecule has 1 aromatic carbocycles. The fourth-order valence-electron chi connectivity index (χ4n) is 3.89. The lowest BCUT2D eigenvalue weighted by Gasteiger charge is -2.37. The summed E-state index contributed by atoms with van der Waals surface area (Å²) < 4.78 is 17.1. The van der Waals surface area contributed by atoms with Gasteiger partial charge in [-0.1, -0.05) is 6.07 Å². The molecule has 2 heterocycles. The van der Waals surface area contributed by atoms with Gasteiger partial charge in [0.05, 0.1) is 12.7 Å². The molecule has 1 N–H and O–H groups in total. The standard InChI is InChI=1S/C17H23NO4/c19-11-13-7-14-16(9-13)20-4-3-18(14)10-12-1-2-15-17(8-12)22-6-5-21-15/h1-2,8,13-14,16,19H,3-7,9-11H2/t13-,14+,16+/m1/s1. The van der Waals surface area contributed by atoms with E-state index in [-0.39, 0.29) is 12.7 Å². The van der Waals surface area contributed by atoms with Crippen LogP contribution in [0.25, 0.3) is 0 Å². The van der Waals surface area contributed by atoms with E-state index in [4.69, 9.17) is 14.2 Å². The van der Waals surface area contributed by atoms with Gasteiger partial charge in [-0.3, -0.25) is 4.90 Å². The molecule has 2 fully saturated rings. The van der Waals surface area contributed by atoms with E-state index in [9.17, 15) is 5.11 Å². The van der Waals surface area contributed by atoms with Gasteiger partial charge in [0.25, 0.3) is 0 Å². The summed E-state index contributed by atoms with van der Waals surface area (Å²) in [5.74, 6) is 2.08. The van der Waals surface area contributed by atoms with E-state index in [1.807, 2.05) is 6.07 Å². The van der Waals surface area contributed by atoms with Gasteiger partial charge < -0.3 is 19.3 Å². The van der Waals surface area contributed by atoms with Crippen LogP contribution in [0.1, 0.15) is 18.4 Å². The highest BCUT2D eigenvalue weighted by Gasteiger charge is 2.40. The van der Waals surface area contributed by atoms with Gasteiger partial charge >= 0.3 is 0 Å². The van der Waals surface area contributed by atoms with Gasteiger partial charge in [-0.25, -0.2) is 0 Å². The van der Waals surface area contributed by atoms with Gasteiger partial charge in [0, 0.05) is 25.7 Å². The van der Waals surface area contributed by atoms with Crippen LogP contribution in [0.2, 0.25) is 0 Å². The predicted molar refractivity (Wildman–Crippen MR) is 81.2 cm³/mol. The van der Waals surface area contributed by atoms with Crippen LogP contribution in [0.5, 0.6) is 11.5 Å². The first kappa shape index (κ1) is 14.3. The van der Waals surface area contributed by atoms with Crippen LogP contribution in [-0.4, -0.2) is 55.1 Å². The van der Waals surface area contributed by atoms with Crippen molar-refractivity contribution in [3.63, 3.8) is 0 Å². The summed E-state index contributed by atoms with van der Waals surface area (Å²) in [6.07, 6.45) is 2.30. The highest BCUT2D eigenvalue weighted by atomic mass is 16.6. The first-order valence-corrected chi connectivity index (χ1v) is 8.18. The Kier molecular flexibility index (Phi) is 3.94. The number of morpholine rings is 1. The molecule has 1 saturated carbocycles. The Labute approximate surface area is 130 Å². The molecule has 0 aromatic heterocycles. The molecule has 5 nitrogen and oxygen atoms in total. The fourth-order valence-corrected chi connectivity index (χ4v) is 3.89. The van der Waals surface area contributed by atoms with Crippen LogP contribution in [0.3, 0.4) is 0 Å². The Hall–Kier alpha value is -1.30. The molecule has 4 rings (SSSR count). The van der Waals surface area contributed by atoms with E-state index in [0.717, 1.165) is 44.0 Å². The largest absolute Gasteiger partial charge is 0.486 e. The van der Waals surface area contributed by atoms with E-state index in [2.05, 4.69) is 17.0 Å². The molecule has 0 bridgehead atoms. The van der Waals surface area contributed by atoms with Crippen molar-refractivity contribution in [3.8, 4) is 11.5 Å². The minimum Gasteiger partial charge on any atom is -0.486 e. The summed E-state index contributed by atoms with van der Waals surface area (Å²) in [7, 11) is 0. The molecule has 120 valence electrons. The zero-order valence-electron chi connectivity index (χ0n) is 12.7. The van der Waals surface area contributed by atoms with Crippen molar-refractivity contribution < 1.29 is 19.3 Å². The highest BCUT2D eigenvalue weighted by molar-refractivity contribution is 5.43. The zero-order valence-corrected chi connectivity index (χ0v) is 12.7. The molecule has 1 saturated heterocycles. The van der Waals surface area contributed by atoms with E-state index in [1.165, 1.54) is 5.56 Å². The van der Waals surface area contributed by atoms with Crippen LogP contribution < -0.4 is 9.47 Å². The molecule has 5 heteroatoms. The average molecular weight is 305 g/mol. The average Bonchev–Trinajstić information content (AvgIpc) is 2.99. The molecule has 0 radical (unpaired) electrons. The van der Waals surface area contributed by atoms with Crippen molar-refractivity contribution in [2.75, 3.05) is 33.0 Å². The minimum absolute atomic E-state index is 0.272. The molecular formula is C17H23NO4. The normalized spacial score (nSPS) is 31.0. The summed E-state index contributed by atoms with van der Waals surface area (Å²) in [5.41, 5.74) is 1.25. The first-order valence-electron chi connectivity index (χ1n) is 8.18. The molecule has 0 amide bonds. The second-order valence-electron chi connectivity index (χ2n) is 6.45. The first-order chi connectivity index (χ1) is 10.8. The number of nitrogens with zero attached hydrogens (tertiary/aromatic N) is 1. The molecular weight excluding hydrogens is 282 g/mol. The summed E-state index contributed by atoms with van der Waals surface area (Å²) in [4.78, 5) is 2.50. The van der Waals surface area contributed by atoms with E-state index in [1.54, 1.807) is 0 Å². The van der Waals surface area contributed by atoms with Gasteiger partial charge in [0.15, 0.2) is 11.5 Å². The van der Waals surface area contributed by atoms with Crippen LogP contribution in [0.4, 0.5) is 0 Å². The van der Waals surface area contributed by atoms with Gasteiger partial charge in [-0.05, 0) is 36.5 Å². The molecule has 1 aromatic rings. The van der Waals surface area contributed by atoms with Crippen molar-refractivity contribution in [2.24, 2.45) is 5.92 Å². The number of rotatable bonds is 3. The van der Waals surface area contributed by atoms with E-state index >= 15 is 0 Å². The van der Waals surface area contributed by atoms with Crippen molar-refractivity contribution in [1.82, 2.24) is 4.90 Å². The number of hydrogen-bond acceptors (Lipinski definition) is 5. The second kappa shape index (κ2) is 6.07. The van der Waals surface area contributed by atoms with Crippen molar-refractivity contribution >= 4 is 0 Å². The molecule has 3 aliphatic rings. The maximum atomic E-state index is 9.42. The van der Waals surface area contributed by atoms with Gasteiger partial charge in [0.2, 0.25) is 0 Å². The van der Waals surface area contributed by atoms with Crippen LogP contribution >= 0.6 is 0 Å². The van der Waals surface area contributed by atoms with E-state index < -0.39 is 0 Å². The molecule has 1 aliphatic carbocycles. The quantitative estimate of drug-likeness (QED) is 0.915. The summed E-state index contributed by atoms with van der Waals surface area (Å²) >= 11 is 0. The number of aliphatic hydroxyl groups excluding tert-OH is 1. The SMILES string of the molecule is OC[C@H]1C[C@@H]2OCCN(Cc3ccc4c(c3)OCCO4)[C@H]2C1. The third-order valence-corrected chi connectivity index (χ3v) is 5.00. The monoisotopic (exact) mass is 305 g/mol. The summed E-state index contributed by atoms with van der Waals surface area (Å²) in [6, 6.07) is 6.65. The molecule has 22 heavy (non-hydrogen) atoms. The van der Waals surface area contributed by atoms with Crippen LogP contribution in [0, 0.1) is 5.92 Å². The lowest BCUT2D eigenvalue weighted by molar-refractivity contribution is -0.0590. The predicted octanol–water partition coefficient (Wildman–Crippen LogP) is 1.43.